The van der Waals surface area contributed by atoms with Crippen LogP contribution in [0.3, 0.4) is 0 Å². The Morgan fingerprint density at radius 3 is 2.46 bits per heavy atom. The summed E-state index contributed by atoms with van der Waals surface area (Å²) in [4.78, 5) is 15.6. The molecule has 0 radical (unpaired) electrons. The van der Waals surface area contributed by atoms with Crippen molar-refractivity contribution >= 4 is 5.69 Å². The second-order valence-corrected chi connectivity index (χ2v) is 5.99. The van der Waals surface area contributed by atoms with Crippen molar-refractivity contribution in [2.75, 3.05) is 5.43 Å². The van der Waals surface area contributed by atoms with Gasteiger partial charge in [-0.05, 0) is 31.7 Å². The number of hydrogen-bond donors (Lipinski definition) is 1. The molecule has 0 saturated heterocycles. The molecule has 1 aliphatic carbocycles. The fourth-order valence-corrected chi connectivity index (χ4v) is 2.94. The van der Waals surface area contributed by atoms with Crippen LogP contribution in [0.1, 0.15) is 31.2 Å². The summed E-state index contributed by atoms with van der Waals surface area (Å²) in [6.07, 6.45) is 0.658. The van der Waals surface area contributed by atoms with Gasteiger partial charge in [-0.15, -0.1) is 0 Å². The molecule has 0 bridgehead atoms. The van der Waals surface area contributed by atoms with Crippen molar-refractivity contribution in [1.29, 1.82) is 0 Å². The Balaban J connectivity index is 2.25. The molecule has 0 unspecified atom stereocenters. The van der Waals surface area contributed by atoms with Crippen LogP contribution < -0.4 is 11.0 Å². The molecule has 0 amide bonds. The Bertz CT molecular complexity index is 937. The lowest BCUT2D eigenvalue weighted by molar-refractivity contribution is -0.136. The quantitative estimate of drug-likeness (QED) is 0.776. The fraction of sp³-hybridized carbons (Fsp3) is 0.263. The number of alkyl halides is 3. The number of hydrogen-bond acceptors (Lipinski definition) is 2. The molecule has 134 valence electrons. The zero-order valence-corrected chi connectivity index (χ0v) is 13.8. The van der Waals surface area contributed by atoms with Crippen molar-refractivity contribution in [3.05, 3.63) is 75.5 Å². The first-order chi connectivity index (χ1) is 12.4. The fourth-order valence-electron chi connectivity index (χ4n) is 2.94. The first-order valence-corrected chi connectivity index (χ1v) is 8.18. The lowest BCUT2D eigenvalue weighted by Crippen LogP contribution is -2.32. The van der Waals surface area contributed by atoms with Crippen LogP contribution in [-0.4, -0.2) is 4.68 Å². The molecule has 0 aliphatic heterocycles. The number of nitrogens with one attached hydrogen (secondary N) is 1. The predicted molar refractivity (Wildman–Crippen MR) is 93.3 cm³/mol. The first-order valence-electron chi connectivity index (χ1n) is 8.18. The number of aromatic nitrogens is 1. The van der Waals surface area contributed by atoms with Crippen molar-refractivity contribution in [2.24, 2.45) is 0 Å². The summed E-state index contributed by atoms with van der Waals surface area (Å²) in [5.41, 5.74) is 1.07. The summed E-state index contributed by atoms with van der Waals surface area (Å²) in [7, 11) is 0. The molecule has 4 nitrogen and oxygen atoms in total. The molecule has 1 aromatic heterocycles. The van der Waals surface area contributed by atoms with E-state index in [1.807, 2.05) is 6.08 Å². The van der Waals surface area contributed by atoms with E-state index in [2.05, 4.69) is 10.3 Å². The average Bonchev–Trinajstić information content (AvgIpc) is 2.63. The van der Waals surface area contributed by atoms with Gasteiger partial charge in [0, 0.05) is 11.3 Å². The summed E-state index contributed by atoms with van der Waals surface area (Å²) in [5, 5.41) is 0. The lowest BCUT2D eigenvalue weighted by Gasteiger charge is -2.22. The third kappa shape index (κ3) is 3.49. The van der Waals surface area contributed by atoms with E-state index >= 15 is 0 Å². The standard InChI is InChI=1S/C19H16F3N3O/c1-23-17-15(19(20,21)22)12-16(13-8-4-2-5-9-13)25(18(17)26)24-14-10-6-3-7-11-14/h2,4-5,8-10,12,24H,3,6-7,11H2. The maximum absolute atomic E-state index is 13.4. The van der Waals surface area contributed by atoms with E-state index < -0.39 is 23.0 Å². The highest BCUT2D eigenvalue weighted by Crippen LogP contribution is 2.37. The molecule has 0 atom stereocenters. The maximum atomic E-state index is 13.4. The molecule has 1 aromatic carbocycles. The largest absolute Gasteiger partial charge is 0.407 e. The minimum atomic E-state index is -4.79. The zero-order valence-electron chi connectivity index (χ0n) is 13.8. The van der Waals surface area contributed by atoms with Crippen molar-refractivity contribution in [2.45, 2.75) is 31.9 Å². The zero-order chi connectivity index (χ0) is 18.7. The van der Waals surface area contributed by atoms with Crippen LogP contribution in [0.25, 0.3) is 16.1 Å². The molecule has 1 aliphatic rings. The van der Waals surface area contributed by atoms with Crippen LogP contribution in [0.15, 0.2) is 53.0 Å². The van der Waals surface area contributed by atoms with E-state index in [9.17, 15) is 18.0 Å². The Morgan fingerprint density at radius 1 is 1.15 bits per heavy atom. The number of halogens is 3. The highest BCUT2D eigenvalue weighted by molar-refractivity contribution is 5.66. The Kier molecular flexibility index (Phi) is 4.85. The lowest BCUT2D eigenvalue weighted by atomic mass is 10.1. The van der Waals surface area contributed by atoms with E-state index in [0.717, 1.165) is 35.7 Å². The second kappa shape index (κ2) is 7.08. The van der Waals surface area contributed by atoms with Gasteiger partial charge in [-0.3, -0.25) is 10.2 Å². The van der Waals surface area contributed by atoms with E-state index in [1.165, 1.54) is 0 Å². The van der Waals surface area contributed by atoms with E-state index in [-0.39, 0.29) is 5.69 Å². The van der Waals surface area contributed by atoms with Gasteiger partial charge in [0.2, 0.25) is 0 Å². The van der Waals surface area contributed by atoms with Gasteiger partial charge in [-0.2, -0.15) is 13.2 Å². The molecule has 1 N–H and O–H groups in total. The van der Waals surface area contributed by atoms with Gasteiger partial charge >= 0.3 is 6.18 Å². The van der Waals surface area contributed by atoms with E-state index in [0.29, 0.717) is 12.0 Å². The monoisotopic (exact) mass is 359 g/mol. The molecule has 26 heavy (non-hydrogen) atoms. The SMILES string of the molecule is [C-]#[N+]c1c(C(F)(F)F)cc(-c2ccccc2)n(NC2=CCCCC2)c1=O. The van der Waals surface area contributed by atoms with E-state index in [1.54, 1.807) is 30.3 Å². The Hall–Kier alpha value is -3.01. The summed E-state index contributed by atoms with van der Waals surface area (Å²) < 4.78 is 41.2. The predicted octanol–water partition coefficient (Wildman–Crippen LogP) is 5.09. The van der Waals surface area contributed by atoms with Crippen LogP contribution in [0.2, 0.25) is 0 Å². The van der Waals surface area contributed by atoms with E-state index in [4.69, 9.17) is 6.57 Å². The Morgan fingerprint density at radius 2 is 1.88 bits per heavy atom. The van der Waals surface area contributed by atoms with Gasteiger partial charge in [0.05, 0.1) is 17.8 Å². The number of allylic oxidation sites excluding steroid dienone is 2. The number of nitrogens with zero attached hydrogens (tertiary/aromatic N) is 2. The first kappa shape index (κ1) is 17.8. The molecule has 1 heterocycles. The molecular weight excluding hydrogens is 343 g/mol. The van der Waals surface area contributed by atoms with Crippen LogP contribution in [-0.2, 0) is 6.18 Å². The van der Waals surface area contributed by atoms with Gasteiger partial charge < -0.3 is 0 Å². The molecule has 3 rings (SSSR count). The normalized spacial score (nSPS) is 14.5. The van der Waals surface area contributed by atoms with Gasteiger partial charge in [0.25, 0.3) is 11.2 Å². The third-order valence-corrected chi connectivity index (χ3v) is 4.22. The van der Waals surface area contributed by atoms with Crippen LogP contribution in [0.5, 0.6) is 0 Å². The summed E-state index contributed by atoms with van der Waals surface area (Å²) in [6.45, 7) is 7.07. The molecule has 0 spiro atoms. The topological polar surface area (TPSA) is 38.4 Å². The van der Waals surface area contributed by atoms with Gasteiger partial charge in [-0.25, -0.2) is 9.52 Å². The third-order valence-electron chi connectivity index (χ3n) is 4.22. The molecular formula is C19H16F3N3O. The van der Waals surface area contributed by atoms with Gasteiger partial charge in [-0.1, -0.05) is 36.4 Å². The Labute approximate surface area is 148 Å². The minimum absolute atomic E-state index is 0.0711. The molecule has 0 fully saturated rings. The molecule has 0 saturated carbocycles. The summed E-state index contributed by atoms with van der Waals surface area (Å²) >= 11 is 0. The van der Waals surface area contributed by atoms with Crippen molar-refractivity contribution in [3.63, 3.8) is 0 Å². The van der Waals surface area contributed by atoms with Crippen LogP contribution in [0, 0.1) is 6.57 Å². The smallest absolute Gasteiger partial charge is 0.297 e. The number of pyridine rings is 1. The molecule has 2 aromatic rings. The van der Waals surface area contributed by atoms with Crippen LogP contribution in [0.4, 0.5) is 18.9 Å². The van der Waals surface area contributed by atoms with Crippen molar-refractivity contribution in [3.8, 4) is 11.3 Å². The average molecular weight is 359 g/mol. The summed E-state index contributed by atoms with van der Waals surface area (Å²) in [6, 6.07) is 9.21. The minimum Gasteiger partial charge on any atom is -0.297 e. The van der Waals surface area contributed by atoms with Gasteiger partial charge in [0.15, 0.2) is 0 Å². The number of benzene rings is 1. The maximum Gasteiger partial charge on any atom is 0.407 e. The van der Waals surface area contributed by atoms with Crippen molar-refractivity contribution in [1.82, 2.24) is 4.68 Å². The highest BCUT2D eigenvalue weighted by atomic mass is 19.4. The highest BCUT2D eigenvalue weighted by Gasteiger charge is 2.36. The molecule has 7 heteroatoms. The van der Waals surface area contributed by atoms with Crippen molar-refractivity contribution < 1.29 is 13.2 Å². The summed E-state index contributed by atoms with van der Waals surface area (Å²) in [5.74, 6) is 0. The van der Waals surface area contributed by atoms with Crippen LogP contribution >= 0.6 is 0 Å². The van der Waals surface area contributed by atoms with Gasteiger partial charge in [0.1, 0.15) is 0 Å². The second-order valence-electron chi connectivity index (χ2n) is 5.99. The number of rotatable bonds is 3.